The van der Waals surface area contributed by atoms with Gasteiger partial charge in [-0.3, -0.25) is 4.99 Å². The summed E-state index contributed by atoms with van der Waals surface area (Å²) < 4.78 is 0. The molecule has 0 saturated carbocycles. The van der Waals surface area contributed by atoms with E-state index in [9.17, 15) is 0 Å². The SMILES string of the molecule is CCc1cnc(CCNC(=NC)NCC2CCN(C)CC2)s1. The van der Waals surface area contributed by atoms with E-state index in [1.54, 1.807) is 0 Å². The third-order valence-electron chi connectivity index (χ3n) is 4.20. The van der Waals surface area contributed by atoms with Gasteiger partial charge in [-0.2, -0.15) is 0 Å². The van der Waals surface area contributed by atoms with Crippen LogP contribution in [0.25, 0.3) is 0 Å². The second kappa shape index (κ2) is 9.10. The van der Waals surface area contributed by atoms with Gasteiger partial charge in [0, 0.05) is 37.6 Å². The van der Waals surface area contributed by atoms with Crippen molar-refractivity contribution in [2.24, 2.45) is 10.9 Å². The number of guanidine groups is 1. The summed E-state index contributed by atoms with van der Waals surface area (Å²) in [6.45, 7) is 6.49. The lowest BCUT2D eigenvalue weighted by atomic mass is 9.97. The predicted molar refractivity (Wildman–Crippen MR) is 94.8 cm³/mol. The van der Waals surface area contributed by atoms with Gasteiger partial charge in [0.2, 0.25) is 0 Å². The van der Waals surface area contributed by atoms with Crippen LogP contribution >= 0.6 is 11.3 Å². The Balaban J connectivity index is 1.64. The van der Waals surface area contributed by atoms with Gasteiger partial charge in [0.25, 0.3) is 0 Å². The monoisotopic (exact) mass is 323 g/mol. The molecular weight excluding hydrogens is 294 g/mol. The van der Waals surface area contributed by atoms with Crippen LogP contribution in [-0.4, -0.2) is 56.1 Å². The van der Waals surface area contributed by atoms with Crippen molar-refractivity contribution in [2.75, 3.05) is 40.3 Å². The van der Waals surface area contributed by atoms with Gasteiger partial charge in [-0.1, -0.05) is 6.92 Å². The van der Waals surface area contributed by atoms with E-state index in [1.807, 2.05) is 24.6 Å². The second-order valence-corrected chi connectivity index (χ2v) is 7.15. The fourth-order valence-electron chi connectivity index (χ4n) is 2.64. The summed E-state index contributed by atoms with van der Waals surface area (Å²) in [7, 11) is 4.04. The van der Waals surface area contributed by atoms with Crippen LogP contribution in [0.15, 0.2) is 11.2 Å². The molecule has 0 atom stereocenters. The van der Waals surface area contributed by atoms with E-state index in [1.165, 1.54) is 35.8 Å². The Kier molecular flexibility index (Phi) is 7.12. The summed E-state index contributed by atoms with van der Waals surface area (Å²) >= 11 is 1.81. The topological polar surface area (TPSA) is 52.6 Å². The van der Waals surface area contributed by atoms with Gasteiger partial charge in [0.15, 0.2) is 5.96 Å². The van der Waals surface area contributed by atoms with Gasteiger partial charge in [-0.25, -0.2) is 4.98 Å². The highest BCUT2D eigenvalue weighted by Gasteiger charge is 2.16. The highest BCUT2D eigenvalue weighted by atomic mass is 32.1. The fourth-order valence-corrected chi connectivity index (χ4v) is 3.50. The molecule has 124 valence electrons. The Labute approximate surface area is 138 Å². The van der Waals surface area contributed by atoms with Gasteiger partial charge in [0.1, 0.15) is 0 Å². The van der Waals surface area contributed by atoms with Gasteiger partial charge in [-0.05, 0) is 45.3 Å². The molecule has 0 bridgehead atoms. The number of rotatable bonds is 6. The van der Waals surface area contributed by atoms with E-state index in [4.69, 9.17) is 0 Å². The Bertz CT molecular complexity index is 463. The third-order valence-corrected chi connectivity index (χ3v) is 5.40. The molecule has 0 spiro atoms. The van der Waals surface area contributed by atoms with Crippen LogP contribution in [0.3, 0.4) is 0 Å². The van der Waals surface area contributed by atoms with Crippen LogP contribution in [0.1, 0.15) is 29.7 Å². The molecule has 2 heterocycles. The van der Waals surface area contributed by atoms with Crippen molar-refractivity contribution in [3.8, 4) is 0 Å². The molecule has 6 heteroatoms. The summed E-state index contributed by atoms with van der Waals surface area (Å²) in [6, 6.07) is 0. The van der Waals surface area contributed by atoms with Crippen molar-refractivity contribution in [2.45, 2.75) is 32.6 Å². The molecule has 1 aromatic rings. The Morgan fingerprint density at radius 2 is 2.18 bits per heavy atom. The van der Waals surface area contributed by atoms with Gasteiger partial charge >= 0.3 is 0 Å². The molecule has 1 aliphatic rings. The highest BCUT2D eigenvalue weighted by molar-refractivity contribution is 7.11. The van der Waals surface area contributed by atoms with Gasteiger partial charge < -0.3 is 15.5 Å². The third kappa shape index (κ3) is 5.57. The second-order valence-electron chi connectivity index (χ2n) is 5.95. The number of nitrogens with zero attached hydrogens (tertiary/aromatic N) is 3. The molecule has 1 fully saturated rings. The van der Waals surface area contributed by atoms with E-state index in [0.29, 0.717) is 0 Å². The molecule has 0 radical (unpaired) electrons. The first-order valence-corrected chi connectivity index (χ1v) is 9.09. The molecule has 0 amide bonds. The van der Waals surface area contributed by atoms with Crippen molar-refractivity contribution in [1.29, 1.82) is 0 Å². The average Bonchev–Trinajstić information content (AvgIpc) is 3.00. The molecule has 1 saturated heterocycles. The number of hydrogen-bond acceptors (Lipinski definition) is 4. The minimum Gasteiger partial charge on any atom is -0.356 e. The van der Waals surface area contributed by atoms with Crippen LogP contribution in [0.4, 0.5) is 0 Å². The minimum atomic E-state index is 0.765. The normalized spacial score (nSPS) is 17.7. The van der Waals surface area contributed by atoms with Crippen molar-refractivity contribution >= 4 is 17.3 Å². The average molecular weight is 324 g/mol. The van der Waals surface area contributed by atoms with E-state index in [-0.39, 0.29) is 0 Å². The van der Waals surface area contributed by atoms with Crippen molar-refractivity contribution in [3.63, 3.8) is 0 Å². The first-order chi connectivity index (χ1) is 10.7. The zero-order valence-corrected chi connectivity index (χ0v) is 14.9. The maximum atomic E-state index is 4.45. The smallest absolute Gasteiger partial charge is 0.190 e. The molecule has 2 N–H and O–H groups in total. The standard InChI is InChI=1S/C16H29N5S/c1-4-14-12-19-15(22-14)5-8-18-16(17-2)20-11-13-6-9-21(3)10-7-13/h12-13H,4-11H2,1-3H3,(H2,17,18,20). The molecule has 0 aliphatic carbocycles. The van der Waals surface area contributed by atoms with Crippen LogP contribution in [-0.2, 0) is 12.8 Å². The Morgan fingerprint density at radius 3 is 2.82 bits per heavy atom. The summed E-state index contributed by atoms with van der Waals surface area (Å²) in [6.07, 6.45) is 6.58. The van der Waals surface area contributed by atoms with Crippen molar-refractivity contribution < 1.29 is 0 Å². The maximum absolute atomic E-state index is 4.45. The number of hydrogen-bond donors (Lipinski definition) is 2. The lowest BCUT2D eigenvalue weighted by molar-refractivity contribution is 0.220. The quantitative estimate of drug-likeness (QED) is 0.619. The molecule has 5 nitrogen and oxygen atoms in total. The summed E-state index contributed by atoms with van der Waals surface area (Å²) in [4.78, 5) is 12.5. The molecule has 1 aliphatic heterocycles. The summed E-state index contributed by atoms with van der Waals surface area (Å²) in [5, 5.41) is 8.05. The molecule has 0 aromatic carbocycles. The molecule has 22 heavy (non-hydrogen) atoms. The minimum absolute atomic E-state index is 0.765. The van der Waals surface area contributed by atoms with Crippen LogP contribution in [0.2, 0.25) is 0 Å². The highest BCUT2D eigenvalue weighted by Crippen LogP contribution is 2.15. The Morgan fingerprint density at radius 1 is 1.41 bits per heavy atom. The largest absolute Gasteiger partial charge is 0.356 e. The van der Waals surface area contributed by atoms with Crippen molar-refractivity contribution in [3.05, 3.63) is 16.1 Å². The summed E-state index contributed by atoms with van der Waals surface area (Å²) in [5.41, 5.74) is 0. The van der Waals surface area contributed by atoms with Gasteiger partial charge in [0.05, 0.1) is 5.01 Å². The van der Waals surface area contributed by atoms with Crippen LogP contribution in [0, 0.1) is 5.92 Å². The number of nitrogens with one attached hydrogen (secondary N) is 2. The zero-order valence-electron chi connectivity index (χ0n) is 14.1. The van der Waals surface area contributed by atoms with E-state index >= 15 is 0 Å². The van der Waals surface area contributed by atoms with Crippen LogP contribution < -0.4 is 10.6 Å². The molecule has 2 rings (SSSR count). The number of piperidine rings is 1. The predicted octanol–water partition coefficient (Wildman–Crippen LogP) is 1.75. The van der Waals surface area contributed by atoms with Gasteiger partial charge in [-0.15, -0.1) is 11.3 Å². The molecular formula is C16H29N5S. The van der Waals surface area contributed by atoms with Crippen molar-refractivity contribution in [1.82, 2.24) is 20.5 Å². The Hall–Kier alpha value is -1.14. The maximum Gasteiger partial charge on any atom is 0.190 e. The first-order valence-electron chi connectivity index (χ1n) is 8.28. The lowest BCUT2D eigenvalue weighted by Gasteiger charge is -2.29. The van der Waals surface area contributed by atoms with Crippen LogP contribution in [0.5, 0.6) is 0 Å². The number of aromatic nitrogens is 1. The van der Waals surface area contributed by atoms with E-state index < -0.39 is 0 Å². The molecule has 0 unspecified atom stereocenters. The molecule has 1 aromatic heterocycles. The first kappa shape index (κ1) is 17.2. The zero-order chi connectivity index (χ0) is 15.8. The number of thiazole rings is 1. The fraction of sp³-hybridized carbons (Fsp3) is 0.750. The lowest BCUT2D eigenvalue weighted by Crippen LogP contribution is -2.42. The van der Waals surface area contributed by atoms with E-state index in [0.717, 1.165) is 37.8 Å². The van der Waals surface area contributed by atoms with E-state index in [2.05, 4.69) is 39.5 Å². The summed E-state index contributed by atoms with van der Waals surface area (Å²) in [5.74, 6) is 1.67. The number of aryl methyl sites for hydroxylation is 1. The number of likely N-dealkylation sites (tertiary alicyclic amines) is 1. The number of aliphatic imine (C=N–C) groups is 1.